The molecule has 0 aliphatic heterocycles. The van der Waals surface area contributed by atoms with Crippen LogP contribution >= 0.6 is 58.0 Å². The van der Waals surface area contributed by atoms with Crippen molar-refractivity contribution in [1.29, 1.82) is 0 Å². The van der Waals surface area contributed by atoms with Crippen molar-refractivity contribution >= 4 is 106 Å². The van der Waals surface area contributed by atoms with E-state index >= 15 is 0 Å². The summed E-state index contributed by atoms with van der Waals surface area (Å²) in [5, 5.41) is 27.4. The maximum Gasteiger partial charge on any atom is 1.00 e. The fourth-order valence-electron chi connectivity index (χ4n) is 4.60. The van der Waals surface area contributed by atoms with Gasteiger partial charge in [0.05, 0.1) is 28.8 Å². The van der Waals surface area contributed by atoms with Gasteiger partial charge < -0.3 is 21.8 Å². The van der Waals surface area contributed by atoms with Crippen LogP contribution in [0.4, 0.5) is 64.1 Å². The summed E-state index contributed by atoms with van der Waals surface area (Å²) in [5.74, 6) is 0. The van der Waals surface area contributed by atoms with Crippen LogP contribution in [0.5, 0.6) is 0 Å². The summed E-state index contributed by atoms with van der Waals surface area (Å²) in [6.45, 7) is -2.14. The smallest absolute Gasteiger partial charge is 1.00 e. The van der Waals surface area contributed by atoms with Crippen LogP contribution < -0.4 is 117 Å². The molecule has 0 radical (unpaired) electrons. The minimum Gasteiger partial charge on any atom is -1.00 e. The van der Waals surface area contributed by atoms with Gasteiger partial charge in [-0.1, -0.05) is 107 Å². The Labute approximate surface area is 520 Å². The summed E-state index contributed by atoms with van der Waals surface area (Å²) in [4.78, 5) is 10.5. The molecule has 0 amide bonds. The number of carbonyl (C=O) groups excluding carboxylic acids is 1. The second kappa shape index (κ2) is 29.7. The Morgan fingerprint density at radius 2 is 1.01 bits per heavy atom. The monoisotopic (exact) mass is 1270 g/mol. The Morgan fingerprint density at radius 1 is 0.644 bits per heavy atom. The Hall–Kier alpha value is -0.477. The summed E-state index contributed by atoms with van der Waals surface area (Å²) in [7, 11) is -13.4. The zero-order valence-electron chi connectivity index (χ0n) is 38.0. The van der Waals surface area contributed by atoms with Crippen LogP contribution in [0.25, 0.3) is 0 Å². The number of alkyl halides is 15. The average molecular weight is 1280 g/mol. The number of benzene rings is 4. The van der Waals surface area contributed by atoms with E-state index in [0.717, 1.165) is 42.5 Å². The van der Waals surface area contributed by atoms with Crippen LogP contribution in [0.15, 0.2) is 107 Å². The van der Waals surface area contributed by atoms with Gasteiger partial charge >= 0.3 is 141 Å². The molecule has 4 aromatic carbocycles. The third-order valence-corrected chi connectivity index (χ3v) is 15.2. The number of hydrogen-bond acceptors (Lipinski definition) is 12. The van der Waals surface area contributed by atoms with Crippen LogP contribution in [0.1, 0.15) is 32.8 Å². The van der Waals surface area contributed by atoms with Gasteiger partial charge in [-0.05, 0) is 73.5 Å². The predicted octanol–water partition coefficient (Wildman–Crippen LogP) is 3.95. The zero-order valence-corrected chi connectivity index (χ0v) is 49.5. The number of anilines is 2. The molecule has 2 unspecified atom stereocenters. The fourth-order valence-corrected chi connectivity index (χ4v) is 8.96. The standard InChI is InChI=1S/C17H14ClF6NO3S.C15H13ClF3NO3S.C4H4Cl3F3O3S.CH2O3.2K.H/c1-15(26,17(22,23)24)11-6-8-12(9-7-11)25(10-16(19,20)21)29(27,28)14-5-3-2-4-13(14)18;1-14(21,15(17,18)19)10-6-8-11(9-7-10)20-24(22,23)13-5-3-2-4-12(13)16;5-4(6,7)14(11,12)13-2-1-3(8,9)10;2-1-4-3;;;/h2-9,26H,10H2,1H3;2-9,20-21H,1H3;1-2H2;1,3H;;;/q;;;;2*+1;-1/p-1. The van der Waals surface area contributed by atoms with Gasteiger partial charge in [0.25, 0.3) is 26.5 Å². The van der Waals surface area contributed by atoms with Gasteiger partial charge in [-0.15, -0.1) is 0 Å². The summed E-state index contributed by atoms with van der Waals surface area (Å²) in [6, 6.07) is 17.7. The number of halogens is 17. The number of hydrogen-bond donors (Lipinski definition) is 3. The third kappa shape index (κ3) is 23.4. The van der Waals surface area contributed by atoms with Crippen molar-refractivity contribution in [3.63, 3.8) is 0 Å². The molecule has 0 aromatic heterocycles. The molecule has 0 heterocycles. The van der Waals surface area contributed by atoms with Crippen LogP contribution in [0.2, 0.25) is 10.0 Å². The van der Waals surface area contributed by atoms with Crippen molar-refractivity contribution in [2.24, 2.45) is 0 Å². The Bertz CT molecular complexity index is 2730. The Balaban J connectivity index is -0.00000101. The van der Waals surface area contributed by atoms with Crippen molar-refractivity contribution in [2.75, 3.05) is 22.2 Å². The van der Waals surface area contributed by atoms with Gasteiger partial charge in [-0.2, -0.15) is 61.1 Å². The zero-order chi connectivity index (χ0) is 55.5. The van der Waals surface area contributed by atoms with Gasteiger partial charge in [0.2, 0.25) is 0 Å². The Morgan fingerprint density at radius 3 is 1.34 bits per heavy atom. The minimum atomic E-state index is -5.05. The van der Waals surface area contributed by atoms with Crippen LogP contribution in [-0.4, -0.2) is 82.9 Å². The second-order valence-electron chi connectivity index (χ2n) is 13.6. The number of aliphatic hydroxyl groups is 2. The molecule has 0 bridgehead atoms. The first kappa shape index (κ1) is 74.6. The summed E-state index contributed by atoms with van der Waals surface area (Å²) in [5.41, 5.74) is -7.90. The van der Waals surface area contributed by atoms with Crippen molar-refractivity contribution in [3.8, 4) is 0 Å². The van der Waals surface area contributed by atoms with Crippen molar-refractivity contribution in [1.82, 2.24) is 0 Å². The molecule has 4 rings (SSSR count). The molecule has 4 aromatic rings. The van der Waals surface area contributed by atoms with E-state index in [1.165, 1.54) is 36.4 Å². The van der Waals surface area contributed by atoms with Crippen LogP contribution in [-0.2, 0) is 55.2 Å². The molecule has 2 atom stereocenters. The van der Waals surface area contributed by atoms with Crippen molar-refractivity contribution in [2.45, 2.75) is 69.1 Å². The molecule has 73 heavy (non-hydrogen) atoms. The molecule has 3 N–H and O–H groups in total. The first-order valence-corrected chi connectivity index (χ1v) is 24.3. The quantitative estimate of drug-likeness (QED) is 0.0330. The predicted molar refractivity (Wildman–Crippen MR) is 233 cm³/mol. The van der Waals surface area contributed by atoms with Gasteiger partial charge in [-0.25, -0.2) is 16.8 Å². The first-order valence-electron chi connectivity index (χ1n) is 18.0. The molecule has 0 saturated carbocycles. The number of sulfonamides is 2. The van der Waals surface area contributed by atoms with Gasteiger partial charge in [-0.3, -0.25) is 18.0 Å². The molecule has 0 fully saturated rings. The normalized spacial score (nSPS) is 13.9. The van der Waals surface area contributed by atoms with E-state index in [-0.39, 0.29) is 136 Å². The number of nitrogens with zero attached hydrogens (tertiary/aromatic N) is 1. The van der Waals surface area contributed by atoms with Crippen molar-refractivity contribution in [3.05, 3.63) is 118 Å². The average Bonchev–Trinajstić information content (AvgIpc) is 3.21. The van der Waals surface area contributed by atoms with Crippen molar-refractivity contribution < 1.29 is 211 Å². The van der Waals surface area contributed by atoms with Gasteiger partial charge in [0.1, 0.15) is 16.3 Å². The molecule has 0 saturated heterocycles. The third-order valence-electron chi connectivity index (χ3n) is 8.32. The van der Waals surface area contributed by atoms with Crippen LogP contribution in [0.3, 0.4) is 0 Å². The minimum absolute atomic E-state index is 0. The SMILES string of the molecule is CC(O)(c1ccc(N(CC(F)(F)F)S(=O)(=O)c2ccccc2Cl)cc1)C(F)(F)F.CC(O)(c1ccc(NS(=O)(=O)c2ccccc2Cl)cc1)C(F)(F)F.O=CO[O-].O=S(=O)(OCCC(F)(F)F)C(Cl)(Cl)Cl.[H-].[K+].[K+]. The van der Waals surface area contributed by atoms with E-state index in [1.54, 1.807) is 6.07 Å². The molecule has 0 aliphatic rings. The van der Waals surface area contributed by atoms with E-state index in [0.29, 0.717) is 26.0 Å². The van der Waals surface area contributed by atoms with E-state index in [2.05, 4.69) is 13.8 Å². The molecule has 0 spiro atoms. The largest absolute Gasteiger partial charge is 1.00 e. The maximum absolute atomic E-state index is 13.0. The number of nitrogens with one attached hydrogen (secondary N) is 1. The van der Waals surface area contributed by atoms with E-state index in [1.807, 2.05) is 0 Å². The Kier molecular flexibility index (Phi) is 30.3. The molecule has 402 valence electrons. The van der Waals surface area contributed by atoms with E-state index in [4.69, 9.17) is 68.1 Å². The number of rotatable bonds is 13. The van der Waals surface area contributed by atoms with E-state index < -0.39 is 110 Å². The number of carbonyl (C=O) groups is 1. The maximum atomic E-state index is 13.0. The van der Waals surface area contributed by atoms with E-state index in [9.17, 15) is 88.2 Å². The summed E-state index contributed by atoms with van der Waals surface area (Å²) >= 11 is 26.4. The van der Waals surface area contributed by atoms with Gasteiger partial charge in [0.15, 0.2) is 11.2 Å². The molecule has 36 heteroatoms. The second-order valence-corrected chi connectivity index (χ2v) is 22.6. The molecular weight excluding hydrogens is 1240 g/mol. The van der Waals surface area contributed by atoms with Crippen LogP contribution in [0, 0.1) is 0 Å². The first-order chi connectivity index (χ1) is 31.9. The fraction of sp³-hybridized carbons (Fsp3) is 0.324. The molecule has 14 nitrogen and oxygen atoms in total. The molecule has 0 aliphatic carbocycles. The molecular formula is C37H33Cl5F12K2N2O12S3. The van der Waals surface area contributed by atoms with Gasteiger partial charge in [0, 0.05) is 5.69 Å². The summed E-state index contributed by atoms with van der Waals surface area (Å²) < 4.78 is 226. The summed E-state index contributed by atoms with van der Waals surface area (Å²) in [6.07, 6.45) is -20.8. The topological polar surface area (TPSA) is 217 Å².